The van der Waals surface area contributed by atoms with E-state index >= 15 is 0 Å². The van der Waals surface area contributed by atoms with E-state index in [9.17, 15) is 13.2 Å². The Morgan fingerprint density at radius 1 is 1.00 bits per heavy atom. The molecule has 2 aliphatic rings. The Kier molecular flexibility index (Phi) is 5.49. The molecule has 1 N–H and O–H groups in total. The first kappa shape index (κ1) is 20.1. The van der Waals surface area contributed by atoms with Crippen molar-refractivity contribution in [2.75, 3.05) is 13.1 Å². The van der Waals surface area contributed by atoms with Gasteiger partial charge >= 0.3 is 0 Å². The number of aryl methyl sites for hydroxylation is 1. The molecule has 29 heavy (non-hydrogen) atoms. The van der Waals surface area contributed by atoms with Gasteiger partial charge in [0.2, 0.25) is 15.9 Å². The van der Waals surface area contributed by atoms with Gasteiger partial charge in [-0.25, -0.2) is 8.42 Å². The van der Waals surface area contributed by atoms with E-state index in [1.165, 1.54) is 4.31 Å². The number of hydrogen-bond donors (Lipinski definition) is 1. The first-order valence-electron chi connectivity index (χ1n) is 10.4. The summed E-state index contributed by atoms with van der Waals surface area (Å²) in [5.41, 5.74) is 1.71. The SMILES string of the molecule is Cc1ccc(S(=O)(=O)N2CCC(NC(=O)C3(c4ccccc4)CCC3)CC2)cc1. The van der Waals surface area contributed by atoms with Gasteiger partial charge in [0.25, 0.3) is 0 Å². The average Bonchev–Trinajstić information content (AvgIpc) is 2.69. The molecule has 0 unspecified atom stereocenters. The zero-order valence-electron chi connectivity index (χ0n) is 16.8. The largest absolute Gasteiger partial charge is 0.352 e. The van der Waals surface area contributed by atoms with Crippen molar-refractivity contribution in [2.45, 2.75) is 55.4 Å². The number of piperidine rings is 1. The lowest BCUT2D eigenvalue weighted by Gasteiger charge is -2.42. The highest BCUT2D eigenvalue weighted by atomic mass is 32.2. The Morgan fingerprint density at radius 3 is 2.17 bits per heavy atom. The van der Waals surface area contributed by atoms with E-state index < -0.39 is 15.4 Å². The van der Waals surface area contributed by atoms with Gasteiger partial charge in [-0.15, -0.1) is 0 Å². The molecule has 4 rings (SSSR count). The minimum atomic E-state index is -3.47. The van der Waals surface area contributed by atoms with Gasteiger partial charge in [-0.2, -0.15) is 4.31 Å². The molecule has 1 saturated heterocycles. The molecule has 0 spiro atoms. The van der Waals surface area contributed by atoms with Crippen molar-refractivity contribution in [3.63, 3.8) is 0 Å². The van der Waals surface area contributed by atoms with Crippen LogP contribution in [0.2, 0.25) is 0 Å². The maximum Gasteiger partial charge on any atom is 0.243 e. The van der Waals surface area contributed by atoms with Crippen molar-refractivity contribution in [1.29, 1.82) is 0 Å². The van der Waals surface area contributed by atoms with Crippen LogP contribution in [0, 0.1) is 6.92 Å². The van der Waals surface area contributed by atoms with Gasteiger partial charge in [0.15, 0.2) is 0 Å². The molecule has 6 heteroatoms. The highest BCUT2D eigenvalue weighted by molar-refractivity contribution is 7.89. The number of benzene rings is 2. The van der Waals surface area contributed by atoms with E-state index in [2.05, 4.69) is 5.32 Å². The minimum Gasteiger partial charge on any atom is -0.352 e. The van der Waals surface area contributed by atoms with E-state index in [0.717, 1.165) is 30.4 Å². The summed E-state index contributed by atoms with van der Waals surface area (Å²) in [5, 5.41) is 3.22. The number of nitrogens with zero attached hydrogens (tertiary/aromatic N) is 1. The molecule has 2 aromatic carbocycles. The van der Waals surface area contributed by atoms with Gasteiger partial charge in [-0.3, -0.25) is 4.79 Å². The molecule has 1 aliphatic carbocycles. The Hall–Kier alpha value is -2.18. The fourth-order valence-corrected chi connectivity index (χ4v) is 5.83. The van der Waals surface area contributed by atoms with Crippen LogP contribution in [0.3, 0.4) is 0 Å². The van der Waals surface area contributed by atoms with Gasteiger partial charge in [-0.1, -0.05) is 54.4 Å². The molecule has 0 atom stereocenters. The van der Waals surface area contributed by atoms with Crippen LogP contribution in [-0.4, -0.2) is 37.8 Å². The topological polar surface area (TPSA) is 66.5 Å². The lowest BCUT2D eigenvalue weighted by molar-refractivity contribution is -0.130. The molecule has 2 fully saturated rings. The number of sulfonamides is 1. The lowest BCUT2D eigenvalue weighted by Crippen LogP contribution is -2.54. The fraction of sp³-hybridized carbons (Fsp3) is 0.435. The van der Waals surface area contributed by atoms with Crippen molar-refractivity contribution < 1.29 is 13.2 Å². The Labute approximate surface area is 173 Å². The van der Waals surface area contributed by atoms with Crippen LogP contribution in [0.1, 0.15) is 43.2 Å². The quantitative estimate of drug-likeness (QED) is 0.819. The van der Waals surface area contributed by atoms with Crippen LogP contribution in [0.25, 0.3) is 0 Å². The van der Waals surface area contributed by atoms with Gasteiger partial charge in [0, 0.05) is 19.1 Å². The highest BCUT2D eigenvalue weighted by Gasteiger charge is 2.46. The van der Waals surface area contributed by atoms with Gasteiger partial charge in [0.1, 0.15) is 0 Å². The van der Waals surface area contributed by atoms with Crippen LogP contribution in [-0.2, 0) is 20.2 Å². The van der Waals surface area contributed by atoms with E-state index in [1.54, 1.807) is 12.1 Å². The highest BCUT2D eigenvalue weighted by Crippen LogP contribution is 2.44. The molecular weight excluding hydrogens is 384 g/mol. The zero-order valence-corrected chi connectivity index (χ0v) is 17.6. The summed E-state index contributed by atoms with van der Waals surface area (Å²) in [4.78, 5) is 13.4. The Morgan fingerprint density at radius 2 is 1.62 bits per heavy atom. The maximum atomic E-state index is 13.1. The molecule has 154 valence electrons. The summed E-state index contributed by atoms with van der Waals surface area (Å²) in [6.45, 7) is 2.80. The predicted octanol–water partition coefficient (Wildman–Crippen LogP) is 3.39. The molecule has 1 heterocycles. The predicted molar refractivity (Wildman–Crippen MR) is 113 cm³/mol. The smallest absolute Gasteiger partial charge is 0.243 e. The second kappa shape index (κ2) is 7.92. The normalized spacial score (nSPS) is 20.0. The number of amides is 1. The van der Waals surface area contributed by atoms with Crippen LogP contribution in [0.4, 0.5) is 0 Å². The number of carbonyl (C=O) groups is 1. The Balaban J connectivity index is 1.39. The molecule has 2 aromatic rings. The average molecular weight is 413 g/mol. The molecule has 5 nitrogen and oxygen atoms in total. The van der Waals surface area contributed by atoms with E-state index in [0.29, 0.717) is 30.8 Å². The van der Waals surface area contributed by atoms with E-state index in [-0.39, 0.29) is 11.9 Å². The lowest BCUT2D eigenvalue weighted by atomic mass is 9.63. The third kappa shape index (κ3) is 3.83. The van der Waals surface area contributed by atoms with Gasteiger partial charge < -0.3 is 5.32 Å². The van der Waals surface area contributed by atoms with Crippen LogP contribution in [0.15, 0.2) is 59.5 Å². The first-order chi connectivity index (χ1) is 13.9. The number of rotatable bonds is 5. The zero-order chi connectivity index (χ0) is 20.5. The molecule has 0 aromatic heterocycles. The standard InChI is InChI=1S/C23H28N2O3S/c1-18-8-10-21(11-9-18)29(27,28)25-16-12-20(13-17-25)24-22(26)23(14-5-15-23)19-6-3-2-4-7-19/h2-4,6-11,20H,5,12-17H2,1H3,(H,24,26). The van der Waals surface area contributed by atoms with Crippen LogP contribution >= 0.6 is 0 Å². The van der Waals surface area contributed by atoms with Gasteiger partial charge in [0.05, 0.1) is 10.3 Å². The van der Waals surface area contributed by atoms with E-state index in [1.807, 2.05) is 49.4 Å². The number of hydrogen-bond acceptors (Lipinski definition) is 3. The third-order valence-electron chi connectivity index (χ3n) is 6.42. The van der Waals surface area contributed by atoms with Gasteiger partial charge in [-0.05, 0) is 50.3 Å². The van der Waals surface area contributed by atoms with Crippen molar-refractivity contribution in [3.05, 3.63) is 65.7 Å². The molecule has 0 radical (unpaired) electrons. The summed E-state index contributed by atoms with van der Waals surface area (Å²) in [6.07, 6.45) is 4.10. The monoisotopic (exact) mass is 412 g/mol. The summed E-state index contributed by atoms with van der Waals surface area (Å²) < 4.78 is 27.3. The molecular formula is C23H28N2O3S. The fourth-order valence-electron chi connectivity index (χ4n) is 4.36. The molecule has 1 aliphatic heterocycles. The summed E-state index contributed by atoms with van der Waals surface area (Å²) in [5.74, 6) is 0.0924. The first-order valence-corrected chi connectivity index (χ1v) is 11.8. The maximum absolute atomic E-state index is 13.1. The summed E-state index contributed by atoms with van der Waals surface area (Å²) >= 11 is 0. The second-order valence-electron chi connectivity index (χ2n) is 8.27. The van der Waals surface area contributed by atoms with E-state index in [4.69, 9.17) is 0 Å². The molecule has 1 saturated carbocycles. The minimum absolute atomic E-state index is 0.0214. The van der Waals surface area contributed by atoms with Crippen molar-refractivity contribution in [3.8, 4) is 0 Å². The second-order valence-corrected chi connectivity index (χ2v) is 10.2. The van der Waals surface area contributed by atoms with Crippen molar-refractivity contribution >= 4 is 15.9 Å². The van der Waals surface area contributed by atoms with Crippen molar-refractivity contribution in [1.82, 2.24) is 9.62 Å². The van der Waals surface area contributed by atoms with Crippen LogP contribution < -0.4 is 5.32 Å². The number of carbonyl (C=O) groups excluding carboxylic acids is 1. The molecule has 0 bridgehead atoms. The molecule has 1 amide bonds. The number of nitrogens with one attached hydrogen (secondary N) is 1. The van der Waals surface area contributed by atoms with Crippen molar-refractivity contribution in [2.24, 2.45) is 0 Å². The summed E-state index contributed by atoms with van der Waals surface area (Å²) in [6, 6.07) is 17.0. The third-order valence-corrected chi connectivity index (χ3v) is 8.33. The Bertz CT molecular complexity index is 959. The van der Waals surface area contributed by atoms with Crippen LogP contribution in [0.5, 0.6) is 0 Å². The summed E-state index contributed by atoms with van der Waals surface area (Å²) in [7, 11) is -3.47.